The molecule has 0 bridgehead atoms. The zero-order chi connectivity index (χ0) is 13.4. The number of hydrogen-bond donors (Lipinski definition) is 3. The Kier molecular flexibility index (Phi) is 3.03. The summed E-state index contributed by atoms with van der Waals surface area (Å²) in [6.07, 6.45) is 3.25. The third-order valence-electron chi connectivity index (χ3n) is 3.65. The number of allylic oxidation sites excluding steroid dienone is 1. The van der Waals surface area contributed by atoms with Crippen molar-refractivity contribution < 1.29 is 4.79 Å². The molecule has 18 heavy (non-hydrogen) atoms. The van der Waals surface area contributed by atoms with Gasteiger partial charge in [-0.3, -0.25) is 4.79 Å². The molecule has 96 valence electrons. The van der Waals surface area contributed by atoms with Crippen LogP contribution in [0.3, 0.4) is 0 Å². The summed E-state index contributed by atoms with van der Waals surface area (Å²) >= 11 is 0. The van der Waals surface area contributed by atoms with Crippen molar-refractivity contribution in [2.24, 2.45) is 11.5 Å². The molecule has 0 heterocycles. The monoisotopic (exact) mass is 245 g/mol. The van der Waals surface area contributed by atoms with Gasteiger partial charge in [-0.25, -0.2) is 0 Å². The van der Waals surface area contributed by atoms with Crippen molar-refractivity contribution in [2.75, 3.05) is 5.73 Å². The van der Waals surface area contributed by atoms with Crippen LogP contribution in [-0.2, 0) is 17.6 Å². The van der Waals surface area contributed by atoms with Crippen molar-refractivity contribution in [1.82, 2.24) is 0 Å². The van der Waals surface area contributed by atoms with Crippen molar-refractivity contribution in [1.29, 1.82) is 0 Å². The average molecular weight is 245 g/mol. The smallest absolute Gasteiger partial charge is 0.177 e. The van der Waals surface area contributed by atoms with Crippen LogP contribution in [0.15, 0.2) is 11.8 Å². The number of benzene rings is 1. The van der Waals surface area contributed by atoms with Crippen LogP contribution in [0, 0.1) is 6.92 Å². The number of rotatable bonds is 2. The predicted octanol–water partition coefficient (Wildman–Crippen LogP) is 1.24. The van der Waals surface area contributed by atoms with E-state index in [1.54, 1.807) is 0 Å². The highest BCUT2D eigenvalue weighted by atomic mass is 16.1. The molecule has 0 fully saturated rings. The molecule has 6 N–H and O–H groups in total. The molecule has 1 aliphatic carbocycles. The lowest BCUT2D eigenvalue weighted by molar-refractivity contribution is -0.113. The molecule has 1 aliphatic rings. The summed E-state index contributed by atoms with van der Waals surface area (Å²) in [4.78, 5) is 11.3. The Labute approximate surface area is 107 Å². The molecule has 1 aromatic rings. The first kappa shape index (κ1) is 12.5. The highest BCUT2D eigenvalue weighted by molar-refractivity contribution is 6.01. The van der Waals surface area contributed by atoms with Crippen molar-refractivity contribution in [3.05, 3.63) is 34.0 Å². The van der Waals surface area contributed by atoms with Gasteiger partial charge < -0.3 is 17.2 Å². The lowest BCUT2D eigenvalue weighted by atomic mass is 9.94. The van der Waals surface area contributed by atoms with Gasteiger partial charge in [-0.2, -0.15) is 0 Å². The second-order valence-corrected chi connectivity index (χ2v) is 4.84. The van der Waals surface area contributed by atoms with Gasteiger partial charge >= 0.3 is 0 Å². The molecule has 2 rings (SSSR count). The van der Waals surface area contributed by atoms with Crippen LogP contribution in [0.5, 0.6) is 0 Å². The summed E-state index contributed by atoms with van der Waals surface area (Å²) in [7, 11) is 0. The van der Waals surface area contributed by atoms with Gasteiger partial charge in [-0.1, -0.05) is 0 Å². The van der Waals surface area contributed by atoms with Crippen molar-refractivity contribution in [3.63, 3.8) is 0 Å². The standard InChI is InChI=1S/C14H19N3O/c1-7-10-5-3-4-9(10)6-11(15)12(7)14(17)13(16)8(2)18/h6H,3-5,15-17H2,1-2H3/b14-13-. The Morgan fingerprint density at radius 3 is 2.56 bits per heavy atom. The SMILES string of the molecule is CC(=O)/C(N)=C(/N)c1c(N)cc2c(c1C)CCC2. The number of anilines is 1. The van der Waals surface area contributed by atoms with Crippen LogP contribution in [-0.4, -0.2) is 5.78 Å². The molecule has 0 amide bonds. The highest BCUT2D eigenvalue weighted by Gasteiger charge is 2.20. The van der Waals surface area contributed by atoms with Crippen molar-refractivity contribution in [2.45, 2.75) is 33.1 Å². The quantitative estimate of drug-likeness (QED) is 0.539. The molecule has 0 aliphatic heterocycles. The largest absolute Gasteiger partial charge is 0.398 e. The molecule has 4 nitrogen and oxygen atoms in total. The maximum Gasteiger partial charge on any atom is 0.177 e. The summed E-state index contributed by atoms with van der Waals surface area (Å²) in [6, 6.07) is 1.96. The first-order valence-corrected chi connectivity index (χ1v) is 6.10. The molecule has 0 spiro atoms. The summed E-state index contributed by atoms with van der Waals surface area (Å²) in [5.41, 5.74) is 23.1. The van der Waals surface area contributed by atoms with Gasteiger partial charge in [-0.15, -0.1) is 0 Å². The van der Waals surface area contributed by atoms with Crippen LogP contribution in [0.4, 0.5) is 5.69 Å². The van der Waals surface area contributed by atoms with Crippen LogP contribution >= 0.6 is 0 Å². The normalized spacial score (nSPS) is 15.2. The van der Waals surface area contributed by atoms with E-state index in [0.29, 0.717) is 11.4 Å². The molecule has 0 saturated carbocycles. The Morgan fingerprint density at radius 2 is 1.94 bits per heavy atom. The van der Waals surface area contributed by atoms with Crippen LogP contribution in [0.2, 0.25) is 0 Å². The molecular formula is C14H19N3O. The van der Waals surface area contributed by atoms with Gasteiger partial charge in [0.2, 0.25) is 0 Å². The number of carbonyl (C=O) groups is 1. The number of nitrogens with two attached hydrogens (primary N) is 3. The number of aryl methyl sites for hydroxylation is 1. The first-order chi connectivity index (χ1) is 8.43. The van der Waals surface area contributed by atoms with Gasteiger partial charge in [0.1, 0.15) is 0 Å². The van der Waals surface area contributed by atoms with Crippen molar-refractivity contribution >= 4 is 17.2 Å². The molecule has 1 aromatic carbocycles. The third-order valence-corrected chi connectivity index (χ3v) is 3.65. The third kappa shape index (κ3) is 1.83. The van der Waals surface area contributed by atoms with Gasteiger partial charge in [0, 0.05) is 18.2 Å². The van der Waals surface area contributed by atoms with E-state index in [0.717, 1.165) is 30.4 Å². The van der Waals surface area contributed by atoms with Crippen molar-refractivity contribution in [3.8, 4) is 0 Å². The van der Waals surface area contributed by atoms with Gasteiger partial charge in [0.15, 0.2) is 5.78 Å². The van der Waals surface area contributed by atoms with E-state index in [-0.39, 0.29) is 11.5 Å². The predicted molar refractivity (Wildman–Crippen MR) is 73.6 cm³/mol. The number of carbonyl (C=O) groups excluding carboxylic acids is 1. The van der Waals surface area contributed by atoms with Gasteiger partial charge in [0.05, 0.1) is 11.4 Å². The Hall–Kier alpha value is -1.97. The molecule has 0 atom stereocenters. The maximum absolute atomic E-state index is 11.3. The van der Waals surface area contributed by atoms with E-state index in [2.05, 4.69) is 0 Å². The Balaban J connectivity index is 2.66. The molecular weight excluding hydrogens is 226 g/mol. The number of hydrogen-bond acceptors (Lipinski definition) is 4. The lowest BCUT2D eigenvalue weighted by Gasteiger charge is -2.16. The number of nitrogen functional groups attached to an aromatic ring is 1. The summed E-state index contributed by atoms with van der Waals surface area (Å²) in [5, 5.41) is 0. The van der Waals surface area contributed by atoms with Crippen LogP contribution < -0.4 is 17.2 Å². The molecule has 4 heteroatoms. The fraction of sp³-hybridized carbons (Fsp3) is 0.357. The average Bonchev–Trinajstić information content (AvgIpc) is 2.75. The highest BCUT2D eigenvalue weighted by Crippen LogP contribution is 2.34. The van der Waals surface area contributed by atoms with E-state index in [1.165, 1.54) is 18.1 Å². The maximum atomic E-state index is 11.3. The second-order valence-electron chi connectivity index (χ2n) is 4.84. The lowest BCUT2D eigenvalue weighted by Crippen LogP contribution is -2.17. The number of Topliss-reactive ketones (excluding diaryl/α,β-unsaturated/α-hetero) is 1. The fourth-order valence-electron chi connectivity index (χ4n) is 2.66. The van der Waals surface area contributed by atoms with Gasteiger partial charge in [-0.05, 0) is 48.9 Å². The van der Waals surface area contributed by atoms with E-state index in [4.69, 9.17) is 17.2 Å². The van der Waals surface area contributed by atoms with Crippen LogP contribution in [0.25, 0.3) is 5.70 Å². The summed E-state index contributed by atoms with van der Waals surface area (Å²) in [6.45, 7) is 3.40. The molecule has 0 unspecified atom stereocenters. The minimum atomic E-state index is -0.230. The molecule has 0 radical (unpaired) electrons. The van der Waals surface area contributed by atoms with E-state index < -0.39 is 0 Å². The van der Waals surface area contributed by atoms with Gasteiger partial charge in [0.25, 0.3) is 0 Å². The first-order valence-electron chi connectivity index (χ1n) is 6.10. The number of ketones is 1. The van der Waals surface area contributed by atoms with E-state index in [1.807, 2.05) is 13.0 Å². The summed E-state index contributed by atoms with van der Waals surface area (Å²) in [5.74, 6) is -0.230. The van der Waals surface area contributed by atoms with E-state index >= 15 is 0 Å². The minimum Gasteiger partial charge on any atom is -0.398 e. The number of fused-ring (bicyclic) bond motifs is 1. The van der Waals surface area contributed by atoms with E-state index in [9.17, 15) is 4.79 Å². The zero-order valence-corrected chi connectivity index (χ0v) is 10.8. The second kappa shape index (κ2) is 4.37. The molecule has 0 aromatic heterocycles. The topological polar surface area (TPSA) is 95.1 Å². The fourth-order valence-corrected chi connectivity index (χ4v) is 2.66. The Morgan fingerprint density at radius 1 is 1.28 bits per heavy atom. The zero-order valence-electron chi connectivity index (χ0n) is 10.8. The minimum absolute atomic E-state index is 0.0859. The molecule has 0 saturated heterocycles. The van der Waals surface area contributed by atoms with Crippen LogP contribution in [0.1, 0.15) is 35.6 Å². The Bertz CT molecular complexity index is 559. The summed E-state index contributed by atoms with van der Waals surface area (Å²) < 4.78 is 0.